The largest absolute Gasteiger partial charge is 0.325 e. The van der Waals surface area contributed by atoms with Crippen LogP contribution < -0.4 is 10.9 Å². The van der Waals surface area contributed by atoms with Crippen LogP contribution in [0.3, 0.4) is 0 Å². The van der Waals surface area contributed by atoms with Gasteiger partial charge in [-0.25, -0.2) is 14.5 Å². The molecule has 0 aliphatic carbocycles. The van der Waals surface area contributed by atoms with Gasteiger partial charge < -0.3 is 5.32 Å². The van der Waals surface area contributed by atoms with Crippen molar-refractivity contribution in [3.8, 4) is 5.82 Å². The van der Waals surface area contributed by atoms with Crippen LogP contribution in [0.15, 0.2) is 77.7 Å². The summed E-state index contributed by atoms with van der Waals surface area (Å²) < 4.78 is 1.52. The second kappa shape index (κ2) is 7.48. The zero-order chi connectivity index (χ0) is 19.6. The summed E-state index contributed by atoms with van der Waals surface area (Å²) in [7, 11) is 0. The van der Waals surface area contributed by atoms with Crippen LogP contribution in [-0.4, -0.2) is 32.5 Å². The number of likely N-dealkylation sites (tertiary alicyclic amines) is 1. The lowest BCUT2D eigenvalue weighted by Crippen LogP contribution is -2.36. The maximum atomic E-state index is 13.2. The predicted molar refractivity (Wildman–Crippen MR) is 115 cm³/mol. The zero-order valence-corrected chi connectivity index (χ0v) is 16.0. The molecule has 6 heteroatoms. The molecular formula is C23H21N5O. The van der Waals surface area contributed by atoms with Gasteiger partial charge in [-0.05, 0) is 61.5 Å². The molecule has 0 atom stereocenters. The van der Waals surface area contributed by atoms with Crippen molar-refractivity contribution in [2.75, 3.05) is 18.4 Å². The Morgan fingerprint density at radius 2 is 1.72 bits per heavy atom. The van der Waals surface area contributed by atoms with Crippen LogP contribution in [0.2, 0.25) is 0 Å². The molecule has 2 aromatic carbocycles. The van der Waals surface area contributed by atoms with E-state index < -0.39 is 0 Å². The number of nitrogens with zero attached hydrogens (tertiary/aromatic N) is 4. The summed E-state index contributed by atoms with van der Waals surface area (Å²) in [6.45, 7) is 3.34. The zero-order valence-electron chi connectivity index (χ0n) is 16.0. The van der Waals surface area contributed by atoms with E-state index in [2.05, 4.69) is 27.3 Å². The molecule has 1 aliphatic heterocycles. The van der Waals surface area contributed by atoms with Gasteiger partial charge >= 0.3 is 0 Å². The van der Waals surface area contributed by atoms with Crippen molar-refractivity contribution in [2.45, 2.75) is 13.0 Å². The molecular weight excluding hydrogens is 362 g/mol. The first-order valence-corrected chi connectivity index (χ1v) is 9.79. The van der Waals surface area contributed by atoms with Crippen molar-refractivity contribution < 1.29 is 0 Å². The fourth-order valence-electron chi connectivity index (χ4n) is 3.54. The highest BCUT2D eigenvalue weighted by Crippen LogP contribution is 2.21. The number of aromatic nitrogens is 3. The highest BCUT2D eigenvalue weighted by Gasteiger charge is 2.15. The lowest BCUT2D eigenvalue weighted by molar-refractivity contribution is 0.172. The van der Waals surface area contributed by atoms with Gasteiger partial charge in [-0.1, -0.05) is 30.3 Å². The number of fused-ring (bicyclic) bond motifs is 1. The van der Waals surface area contributed by atoms with Crippen LogP contribution in [0.5, 0.6) is 0 Å². The first-order valence-electron chi connectivity index (χ1n) is 9.79. The van der Waals surface area contributed by atoms with Crippen LogP contribution in [0, 0.1) is 0 Å². The van der Waals surface area contributed by atoms with Crippen LogP contribution in [-0.2, 0) is 6.54 Å². The van der Waals surface area contributed by atoms with Crippen molar-refractivity contribution in [3.63, 3.8) is 0 Å². The fraction of sp³-hybridized carbons (Fsp3) is 0.174. The second-order valence-electron chi connectivity index (χ2n) is 7.23. The number of para-hydroxylation sites is 1. The van der Waals surface area contributed by atoms with Crippen molar-refractivity contribution in [2.24, 2.45) is 0 Å². The van der Waals surface area contributed by atoms with Gasteiger partial charge in [0, 0.05) is 18.4 Å². The molecule has 1 aliphatic rings. The molecule has 5 rings (SSSR count). The van der Waals surface area contributed by atoms with Gasteiger partial charge in [-0.2, -0.15) is 0 Å². The normalized spacial score (nSPS) is 13.9. The molecule has 0 spiro atoms. The topological polar surface area (TPSA) is 63.1 Å². The lowest BCUT2D eigenvalue weighted by Gasteiger charge is -2.30. The smallest absolute Gasteiger partial charge is 0.268 e. The average Bonchev–Trinajstić information content (AvgIpc) is 2.73. The quantitative estimate of drug-likeness (QED) is 0.569. The van der Waals surface area contributed by atoms with Gasteiger partial charge in [-0.3, -0.25) is 9.69 Å². The Balaban J connectivity index is 1.54. The SMILES string of the molecule is O=c1c2ccccc2nc(Nc2ccc(CN3CCC3)cc2)n1-c1ccccn1. The summed E-state index contributed by atoms with van der Waals surface area (Å²) in [5.41, 5.74) is 2.67. The Morgan fingerprint density at radius 1 is 0.931 bits per heavy atom. The van der Waals surface area contributed by atoms with Gasteiger partial charge in [0.25, 0.3) is 5.56 Å². The van der Waals surface area contributed by atoms with Gasteiger partial charge in [0.15, 0.2) is 0 Å². The van der Waals surface area contributed by atoms with E-state index >= 15 is 0 Å². The second-order valence-corrected chi connectivity index (χ2v) is 7.23. The summed E-state index contributed by atoms with van der Waals surface area (Å²) in [5, 5.41) is 3.87. The number of hydrogen-bond donors (Lipinski definition) is 1. The van der Waals surface area contributed by atoms with Gasteiger partial charge in [0.05, 0.1) is 10.9 Å². The van der Waals surface area contributed by atoms with Crippen molar-refractivity contribution in [1.82, 2.24) is 19.4 Å². The van der Waals surface area contributed by atoms with Crippen LogP contribution in [0.25, 0.3) is 16.7 Å². The van der Waals surface area contributed by atoms with E-state index in [1.165, 1.54) is 29.6 Å². The molecule has 1 saturated heterocycles. The summed E-state index contributed by atoms with van der Waals surface area (Å²) in [5.74, 6) is 0.982. The predicted octanol–water partition coefficient (Wildman–Crippen LogP) is 3.73. The van der Waals surface area contributed by atoms with E-state index in [0.29, 0.717) is 22.7 Å². The summed E-state index contributed by atoms with van der Waals surface area (Å²) in [6, 6.07) is 21.1. The standard InChI is InChI=1S/C23H21N5O/c29-22-19-6-1-2-7-20(19)26-23(28(22)21-8-3-4-13-24-21)25-18-11-9-17(10-12-18)16-27-14-5-15-27/h1-4,6-13H,5,14-16H2,(H,25,26). The maximum Gasteiger partial charge on any atom is 0.268 e. The molecule has 0 bridgehead atoms. The Bertz CT molecular complexity index is 1200. The maximum absolute atomic E-state index is 13.2. The monoisotopic (exact) mass is 383 g/mol. The number of nitrogens with one attached hydrogen (secondary N) is 1. The number of pyridine rings is 1. The molecule has 0 saturated carbocycles. The van der Waals surface area contributed by atoms with Gasteiger partial charge in [-0.15, -0.1) is 0 Å². The molecule has 4 aromatic rings. The Kier molecular flexibility index (Phi) is 4.54. The molecule has 0 unspecified atom stereocenters. The highest BCUT2D eigenvalue weighted by atomic mass is 16.1. The molecule has 2 aromatic heterocycles. The van der Waals surface area contributed by atoms with E-state index in [1.54, 1.807) is 18.3 Å². The summed E-state index contributed by atoms with van der Waals surface area (Å²) in [4.78, 5) is 24.7. The third-order valence-corrected chi connectivity index (χ3v) is 5.22. The molecule has 3 heterocycles. The number of rotatable bonds is 5. The first kappa shape index (κ1) is 17.6. The Labute approximate surface area is 168 Å². The van der Waals surface area contributed by atoms with Crippen LogP contribution >= 0.6 is 0 Å². The summed E-state index contributed by atoms with van der Waals surface area (Å²) >= 11 is 0. The third-order valence-electron chi connectivity index (χ3n) is 5.22. The van der Waals surface area contributed by atoms with Crippen LogP contribution in [0.1, 0.15) is 12.0 Å². The molecule has 1 N–H and O–H groups in total. The summed E-state index contributed by atoms with van der Waals surface area (Å²) in [6.07, 6.45) is 2.96. The number of anilines is 2. The average molecular weight is 383 g/mol. The Morgan fingerprint density at radius 3 is 2.45 bits per heavy atom. The lowest BCUT2D eigenvalue weighted by atomic mass is 10.1. The van der Waals surface area contributed by atoms with Crippen molar-refractivity contribution >= 4 is 22.5 Å². The van der Waals surface area contributed by atoms with Gasteiger partial charge in [0.2, 0.25) is 5.95 Å². The highest BCUT2D eigenvalue weighted by molar-refractivity contribution is 5.79. The molecule has 0 amide bonds. The van der Waals surface area contributed by atoms with E-state index in [-0.39, 0.29) is 5.56 Å². The fourth-order valence-corrected chi connectivity index (χ4v) is 3.54. The van der Waals surface area contributed by atoms with Crippen molar-refractivity contribution in [1.29, 1.82) is 0 Å². The molecule has 1 fully saturated rings. The van der Waals surface area contributed by atoms with E-state index in [1.807, 2.05) is 42.5 Å². The van der Waals surface area contributed by atoms with E-state index in [4.69, 9.17) is 4.98 Å². The number of benzene rings is 2. The van der Waals surface area contributed by atoms with Crippen LogP contribution in [0.4, 0.5) is 11.6 Å². The first-order chi connectivity index (χ1) is 14.3. The molecule has 144 valence electrons. The molecule has 29 heavy (non-hydrogen) atoms. The minimum Gasteiger partial charge on any atom is -0.325 e. The molecule has 6 nitrogen and oxygen atoms in total. The van der Waals surface area contributed by atoms with E-state index in [9.17, 15) is 4.79 Å². The van der Waals surface area contributed by atoms with Gasteiger partial charge in [0.1, 0.15) is 5.82 Å². The van der Waals surface area contributed by atoms with E-state index in [0.717, 1.165) is 12.2 Å². The Hall–Kier alpha value is -3.51. The number of hydrogen-bond acceptors (Lipinski definition) is 5. The molecule has 0 radical (unpaired) electrons. The van der Waals surface area contributed by atoms with Crippen molar-refractivity contribution in [3.05, 3.63) is 88.8 Å². The third kappa shape index (κ3) is 3.50. The minimum atomic E-state index is -0.147. The minimum absolute atomic E-state index is 0.147.